The Kier molecular flexibility index (Phi) is 5.42. The highest BCUT2D eigenvalue weighted by Crippen LogP contribution is 2.68. The average Bonchev–Trinajstić information content (AvgIpc) is 2.99. The van der Waals surface area contributed by atoms with Gasteiger partial charge in [-0.05, 0) is 92.3 Å². The summed E-state index contributed by atoms with van der Waals surface area (Å²) in [6.07, 6.45) is 13.3. The lowest BCUT2D eigenvalue weighted by molar-refractivity contribution is -0.167. The van der Waals surface area contributed by atoms with Gasteiger partial charge in [-0.1, -0.05) is 33.6 Å². The Morgan fingerprint density at radius 2 is 1.75 bits per heavy atom. The normalized spacial score (nSPS) is 47.9. The van der Waals surface area contributed by atoms with Crippen LogP contribution >= 0.6 is 0 Å². The van der Waals surface area contributed by atoms with E-state index >= 15 is 0 Å². The topological polar surface area (TPSA) is 54.4 Å². The minimum Gasteiger partial charge on any atom is -0.481 e. The summed E-state index contributed by atoms with van der Waals surface area (Å²) in [5, 5.41) is 9.02. The monoisotopic (exact) mass is 388 g/mol. The molecule has 1 N–H and O–H groups in total. The smallest absolute Gasteiger partial charge is 0.303 e. The van der Waals surface area contributed by atoms with Gasteiger partial charge in [0.05, 0.1) is 0 Å². The predicted octanol–water partition coefficient (Wildman–Crippen LogP) is 6.11. The van der Waals surface area contributed by atoms with Gasteiger partial charge in [-0.3, -0.25) is 9.59 Å². The van der Waals surface area contributed by atoms with Crippen LogP contribution in [0.4, 0.5) is 0 Å². The van der Waals surface area contributed by atoms with E-state index in [1.54, 1.807) is 0 Å². The Bertz CT molecular complexity index is 627. The summed E-state index contributed by atoms with van der Waals surface area (Å²) >= 11 is 0. The number of carbonyl (C=O) groups excluding carboxylic acids is 1. The molecule has 0 radical (unpaired) electrons. The number of carbonyl (C=O) groups is 2. The van der Waals surface area contributed by atoms with Crippen LogP contribution in [0.25, 0.3) is 0 Å². The van der Waals surface area contributed by atoms with Crippen molar-refractivity contribution in [3.8, 4) is 0 Å². The molecule has 0 aromatic carbocycles. The number of aliphatic carboxylic acids is 1. The third kappa shape index (κ3) is 2.98. The Balaban J connectivity index is 1.59. The maximum Gasteiger partial charge on any atom is 0.303 e. The standard InChI is InChI=1S/C25H40O3/c1-4-17-18-9-5-6-14-25(18,3)20-13-15-24(2)16(8-7-10-21(26)27)11-12-19(24)22(20)23(17)28/h16-20,22H,4-15H2,1-3H3,(H,26,27)/t16?,17-,18?,19?,20+,22?,24?,25?/m1/s1. The molecule has 0 spiro atoms. The number of Topliss-reactive ketones (excluding diaryl/α,β-unsaturated/α-hetero) is 1. The molecule has 8 atom stereocenters. The van der Waals surface area contributed by atoms with Crippen molar-refractivity contribution in [1.82, 2.24) is 0 Å². The highest BCUT2D eigenvalue weighted by atomic mass is 16.4. The second kappa shape index (κ2) is 7.43. The summed E-state index contributed by atoms with van der Waals surface area (Å²) in [5.41, 5.74) is 0.631. The summed E-state index contributed by atoms with van der Waals surface area (Å²) in [7, 11) is 0. The molecule has 28 heavy (non-hydrogen) atoms. The molecule has 3 nitrogen and oxygen atoms in total. The molecule has 4 rings (SSSR count). The van der Waals surface area contributed by atoms with E-state index in [2.05, 4.69) is 20.8 Å². The quantitative estimate of drug-likeness (QED) is 0.618. The number of rotatable bonds is 5. The van der Waals surface area contributed by atoms with E-state index in [0.717, 1.165) is 19.3 Å². The second-order valence-corrected chi connectivity index (χ2v) is 11.1. The van der Waals surface area contributed by atoms with Crippen LogP contribution in [0, 0.1) is 46.3 Å². The largest absolute Gasteiger partial charge is 0.481 e. The molecule has 6 unspecified atom stereocenters. The van der Waals surface area contributed by atoms with Gasteiger partial charge in [-0.2, -0.15) is 0 Å². The van der Waals surface area contributed by atoms with Crippen LogP contribution in [-0.2, 0) is 9.59 Å². The molecule has 4 fully saturated rings. The summed E-state index contributed by atoms with van der Waals surface area (Å²) < 4.78 is 0. The lowest BCUT2D eigenvalue weighted by Gasteiger charge is -2.61. The first kappa shape index (κ1) is 20.4. The molecule has 4 aliphatic rings. The van der Waals surface area contributed by atoms with Crippen LogP contribution in [0.3, 0.4) is 0 Å². The van der Waals surface area contributed by atoms with Gasteiger partial charge in [0, 0.05) is 18.3 Å². The Morgan fingerprint density at radius 1 is 1.00 bits per heavy atom. The lowest BCUT2D eigenvalue weighted by atomic mass is 9.42. The SMILES string of the molecule is CC[C@H]1C(=O)C2C3CCC(CCCC(=O)O)C3(C)CC[C@@H]2C2(C)CCCCC12. The van der Waals surface area contributed by atoms with Crippen molar-refractivity contribution in [2.24, 2.45) is 46.3 Å². The van der Waals surface area contributed by atoms with Gasteiger partial charge in [0.2, 0.25) is 0 Å². The molecule has 0 bridgehead atoms. The fourth-order valence-corrected chi connectivity index (χ4v) is 8.80. The maximum absolute atomic E-state index is 13.8. The van der Waals surface area contributed by atoms with Crippen LogP contribution in [0.15, 0.2) is 0 Å². The minimum absolute atomic E-state index is 0.255. The number of hydrogen-bond acceptors (Lipinski definition) is 2. The van der Waals surface area contributed by atoms with Crippen LogP contribution in [0.1, 0.15) is 97.8 Å². The van der Waals surface area contributed by atoms with Crippen molar-refractivity contribution in [2.75, 3.05) is 0 Å². The molecule has 0 amide bonds. The van der Waals surface area contributed by atoms with Gasteiger partial charge in [-0.25, -0.2) is 0 Å². The minimum atomic E-state index is -0.673. The number of ketones is 1. The third-order valence-electron chi connectivity index (χ3n) is 10.2. The van der Waals surface area contributed by atoms with E-state index in [-0.39, 0.29) is 11.3 Å². The number of carboxylic acids is 1. The van der Waals surface area contributed by atoms with E-state index in [1.807, 2.05) is 0 Å². The fraction of sp³-hybridized carbons (Fsp3) is 0.920. The van der Waals surface area contributed by atoms with E-state index in [9.17, 15) is 9.59 Å². The molecule has 3 heteroatoms. The van der Waals surface area contributed by atoms with Crippen LogP contribution < -0.4 is 0 Å². The van der Waals surface area contributed by atoms with Crippen molar-refractivity contribution in [2.45, 2.75) is 97.8 Å². The highest BCUT2D eigenvalue weighted by Gasteiger charge is 2.63. The first-order valence-corrected chi connectivity index (χ1v) is 12.1. The Morgan fingerprint density at radius 3 is 2.46 bits per heavy atom. The van der Waals surface area contributed by atoms with Gasteiger partial charge in [-0.15, -0.1) is 0 Å². The van der Waals surface area contributed by atoms with Gasteiger partial charge < -0.3 is 5.11 Å². The number of hydrogen-bond donors (Lipinski definition) is 1. The number of fused-ring (bicyclic) bond motifs is 5. The fourth-order valence-electron chi connectivity index (χ4n) is 8.80. The lowest BCUT2D eigenvalue weighted by Crippen LogP contribution is -2.59. The molecular formula is C25H40O3. The molecule has 0 aromatic rings. The second-order valence-electron chi connectivity index (χ2n) is 11.1. The summed E-state index contributed by atoms with van der Waals surface area (Å²) in [4.78, 5) is 24.8. The Hall–Kier alpha value is -0.860. The van der Waals surface area contributed by atoms with Crippen molar-refractivity contribution in [3.63, 3.8) is 0 Å². The predicted molar refractivity (Wildman–Crippen MR) is 111 cm³/mol. The van der Waals surface area contributed by atoms with E-state index in [0.29, 0.717) is 47.2 Å². The average molecular weight is 389 g/mol. The van der Waals surface area contributed by atoms with Crippen LogP contribution in [-0.4, -0.2) is 16.9 Å². The molecule has 4 saturated carbocycles. The van der Waals surface area contributed by atoms with Gasteiger partial charge in [0.25, 0.3) is 0 Å². The van der Waals surface area contributed by atoms with Crippen LogP contribution in [0.5, 0.6) is 0 Å². The molecule has 0 saturated heterocycles. The maximum atomic E-state index is 13.8. The highest BCUT2D eigenvalue weighted by molar-refractivity contribution is 5.86. The van der Waals surface area contributed by atoms with E-state index in [4.69, 9.17) is 5.11 Å². The van der Waals surface area contributed by atoms with Crippen LogP contribution in [0.2, 0.25) is 0 Å². The molecule has 158 valence electrons. The van der Waals surface area contributed by atoms with Crippen molar-refractivity contribution >= 4 is 11.8 Å². The number of carboxylic acid groups (broad SMARTS) is 1. The zero-order chi connectivity index (χ0) is 20.1. The zero-order valence-corrected chi connectivity index (χ0v) is 18.2. The zero-order valence-electron chi connectivity index (χ0n) is 18.2. The Labute approximate surface area is 171 Å². The summed E-state index contributed by atoms with van der Waals surface area (Å²) in [6, 6.07) is 0. The van der Waals surface area contributed by atoms with Crippen molar-refractivity contribution in [3.05, 3.63) is 0 Å². The molecular weight excluding hydrogens is 348 g/mol. The van der Waals surface area contributed by atoms with E-state index < -0.39 is 5.97 Å². The van der Waals surface area contributed by atoms with Crippen molar-refractivity contribution < 1.29 is 14.7 Å². The van der Waals surface area contributed by atoms with Crippen molar-refractivity contribution in [1.29, 1.82) is 0 Å². The third-order valence-corrected chi connectivity index (χ3v) is 10.2. The summed E-state index contributed by atoms with van der Waals surface area (Å²) in [5.74, 6) is 2.91. The van der Waals surface area contributed by atoms with Gasteiger partial charge in [0.1, 0.15) is 5.78 Å². The molecule has 0 aliphatic heterocycles. The van der Waals surface area contributed by atoms with Gasteiger partial charge in [0.15, 0.2) is 0 Å². The first-order chi connectivity index (χ1) is 13.3. The first-order valence-electron chi connectivity index (χ1n) is 12.1. The molecule has 4 aliphatic carbocycles. The van der Waals surface area contributed by atoms with E-state index in [1.165, 1.54) is 51.4 Å². The van der Waals surface area contributed by atoms with Gasteiger partial charge >= 0.3 is 5.97 Å². The molecule has 0 heterocycles. The summed E-state index contributed by atoms with van der Waals surface area (Å²) in [6.45, 7) is 7.24. The molecule has 0 aromatic heterocycles.